The fraction of sp³-hybridized carbons (Fsp3) is 0.409. The fourth-order valence-electron chi connectivity index (χ4n) is 4.19. The van der Waals surface area contributed by atoms with Crippen LogP contribution in [0.1, 0.15) is 43.5 Å². The number of aryl methyl sites for hydroxylation is 1. The molecule has 1 unspecified atom stereocenters. The molecule has 31 heavy (non-hydrogen) atoms. The summed E-state index contributed by atoms with van der Waals surface area (Å²) in [6.07, 6.45) is 2.25. The minimum absolute atomic E-state index is 0.173. The molecule has 164 valence electrons. The highest BCUT2D eigenvalue weighted by Gasteiger charge is 2.33. The Balaban J connectivity index is 1.55. The Labute approximate surface area is 191 Å². The van der Waals surface area contributed by atoms with Crippen LogP contribution in [0.4, 0.5) is 5.82 Å². The lowest BCUT2D eigenvalue weighted by molar-refractivity contribution is -0.127. The molecule has 1 aromatic heterocycles. The molecule has 2 aliphatic rings. The SMILES string of the molecule is CC1=C(C(=O)NCCCN2CCCC2=O)C(c2ccc(Cl)c(Cl)c2)n2nc(C)cc2N1. The maximum atomic E-state index is 13.2. The Morgan fingerprint density at radius 1 is 1.26 bits per heavy atom. The number of carbonyl (C=O) groups excluding carboxylic acids is 2. The van der Waals surface area contributed by atoms with Gasteiger partial charge in [-0.3, -0.25) is 9.59 Å². The van der Waals surface area contributed by atoms with Gasteiger partial charge in [-0.1, -0.05) is 29.3 Å². The summed E-state index contributed by atoms with van der Waals surface area (Å²) in [4.78, 5) is 26.8. The molecule has 0 spiro atoms. The van der Waals surface area contributed by atoms with Crippen molar-refractivity contribution >= 4 is 40.8 Å². The maximum absolute atomic E-state index is 13.2. The number of anilines is 1. The van der Waals surface area contributed by atoms with Crippen LogP contribution in [0.25, 0.3) is 0 Å². The number of rotatable bonds is 6. The average Bonchev–Trinajstić information content (AvgIpc) is 3.30. The van der Waals surface area contributed by atoms with E-state index < -0.39 is 6.04 Å². The Hall–Kier alpha value is -2.51. The van der Waals surface area contributed by atoms with Gasteiger partial charge < -0.3 is 15.5 Å². The predicted molar refractivity (Wildman–Crippen MR) is 121 cm³/mol. The number of hydrogen-bond donors (Lipinski definition) is 2. The Kier molecular flexibility index (Phi) is 6.25. The third-order valence-electron chi connectivity index (χ3n) is 5.66. The second-order valence-corrected chi connectivity index (χ2v) is 8.76. The van der Waals surface area contributed by atoms with Crippen LogP contribution in [-0.2, 0) is 9.59 Å². The first-order chi connectivity index (χ1) is 14.8. The fourth-order valence-corrected chi connectivity index (χ4v) is 4.49. The number of carbonyl (C=O) groups is 2. The summed E-state index contributed by atoms with van der Waals surface area (Å²) < 4.78 is 1.81. The van der Waals surface area contributed by atoms with Crippen molar-refractivity contribution in [1.82, 2.24) is 20.0 Å². The molecule has 2 aromatic rings. The second-order valence-electron chi connectivity index (χ2n) is 7.95. The second kappa shape index (κ2) is 8.93. The zero-order valence-corrected chi connectivity index (χ0v) is 19.1. The highest BCUT2D eigenvalue weighted by Crippen LogP contribution is 2.38. The molecule has 1 aromatic carbocycles. The van der Waals surface area contributed by atoms with Gasteiger partial charge in [0.1, 0.15) is 11.9 Å². The molecule has 2 N–H and O–H groups in total. The summed E-state index contributed by atoms with van der Waals surface area (Å²) in [5.74, 6) is 0.838. The quantitative estimate of drug-likeness (QED) is 0.638. The van der Waals surface area contributed by atoms with Crippen molar-refractivity contribution in [3.63, 3.8) is 0 Å². The van der Waals surface area contributed by atoms with E-state index in [0.29, 0.717) is 41.5 Å². The number of benzene rings is 1. The average molecular weight is 462 g/mol. The maximum Gasteiger partial charge on any atom is 0.251 e. The number of allylic oxidation sites excluding steroid dienone is 1. The zero-order valence-electron chi connectivity index (χ0n) is 17.5. The number of hydrogen-bond acceptors (Lipinski definition) is 4. The molecule has 3 heterocycles. The molecule has 4 rings (SSSR count). The number of likely N-dealkylation sites (tertiary alicyclic amines) is 1. The summed E-state index contributed by atoms with van der Waals surface area (Å²) in [6, 6.07) is 6.88. The van der Waals surface area contributed by atoms with Gasteiger partial charge in [-0.25, -0.2) is 4.68 Å². The van der Waals surface area contributed by atoms with Crippen LogP contribution in [0, 0.1) is 6.92 Å². The minimum Gasteiger partial charge on any atom is -0.352 e. The van der Waals surface area contributed by atoms with Gasteiger partial charge in [-0.2, -0.15) is 5.10 Å². The first-order valence-electron chi connectivity index (χ1n) is 10.4. The van der Waals surface area contributed by atoms with E-state index in [1.165, 1.54) is 0 Å². The van der Waals surface area contributed by atoms with Crippen LogP contribution in [0.15, 0.2) is 35.5 Å². The van der Waals surface area contributed by atoms with Crippen LogP contribution >= 0.6 is 23.2 Å². The van der Waals surface area contributed by atoms with Gasteiger partial charge in [0, 0.05) is 37.8 Å². The number of amides is 2. The molecule has 1 atom stereocenters. The zero-order chi connectivity index (χ0) is 22.1. The van der Waals surface area contributed by atoms with E-state index in [1.54, 1.807) is 16.8 Å². The van der Waals surface area contributed by atoms with E-state index in [1.807, 2.05) is 30.9 Å². The Morgan fingerprint density at radius 2 is 2.06 bits per heavy atom. The topological polar surface area (TPSA) is 79.3 Å². The van der Waals surface area contributed by atoms with E-state index in [0.717, 1.165) is 35.7 Å². The highest BCUT2D eigenvalue weighted by molar-refractivity contribution is 6.42. The van der Waals surface area contributed by atoms with Crippen molar-refractivity contribution in [2.24, 2.45) is 0 Å². The molecule has 0 aliphatic carbocycles. The lowest BCUT2D eigenvalue weighted by atomic mass is 9.95. The molecule has 2 amide bonds. The summed E-state index contributed by atoms with van der Waals surface area (Å²) >= 11 is 12.4. The summed E-state index contributed by atoms with van der Waals surface area (Å²) in [7, 11) is 0. The van der Waals surface area contributed by atoms with Gasteiger partial charge in [0.2, 0.25) is 5.91 Å². The molecule has 9 heteroatoms. The molecular formula is C22H25Cl2N5O2. The van der Waals surface area contributed by atoms with E-state index >= 15 is 0 Å². The molecule has 7 nitrogen and oxygen atoms in total. The summed E-state index contributed by atoms with van der Waals surface area (Å²) in [5, 5.41) is 11.8. The van der Waals surface area contributed by atoms with Crippen molar-refractivity contribution in [2.45, 2.75) is 39.2 Å². The first kappa shape index (κ1) is 21.7. The third kappa shape index (κ3) is 4.43. The molecule has 0 bridgehead atoms. The van der Waals surface area contributed by atoms with Crippen molar-refractivity contribution in [2.75, 3.05) is 25.0 Å². The monoisotopic (exact) mass is 461 g/mol. The summed E-state index contributed by atoms with van der Waals surface area (Å²) in [6.45, 7) is 5.75. The normalized spacial score (nSPS) is 18.3. The van der Waals surface area contributed by atoms with Gasteiger partial charge in [0.05, 0.1) is 21.3 Å². The van der Waals surface area contributed by atoms with Crippen molar-refractivity contribution < 1.29 is 9.59 Å². The Morgan fingerprint density at radius 3 is 2.77 bits per heavy atom. The number of nitrogens with zero attached hydrogens (tertiary/aromatic N) is 3. The van der Waals surface area contributed by atoms with E-state index in [4.69, 9.17) is 23.2 Å². The van der Waals surface area contributed by atoms with Gasteiger partial charge >= 0.3 is 0 Å². The van der Waals surface area contributed by atoms with E-state index in [-0.39, 0.29) is 11.8 Å². The third-order valence-corrected chi connectivity index (χ3v) is 6.40. The smallest absolute Gasteiger partial charge is 0.251 e. The number of halogens is 2. The number of nitrogens with one attached hydrogen (secondary N) is 2. The van der Waals surface area contributed by atoms with Crippen molar-refractivity contribution in [3.05, 3.63) is 56.8 Å². The molecule has 0 saturated carbocycles. The van der Waals surface area contributed by atoms with Gasteiger partial charge in [0.25, 0.3) is 5.91 Å². The highest BCUT2D eigenvalue weighted by atomic mass is 35.5. The minimum atomic E-state index is -0.431. The summed E-state index contributed by atoms with van der Waals surface area (Å²) in [5.41, 5.74) is 3.01. The lowest BCUT2D eigenvalue weighted by Crippen LogP contribution is -2.36. The van der Waals surface area contributed by atoms with Crippen LogP contribution in [0.5, 0.6) is 0 Å². The van der Waals surface area contributed by atoms with Crippen LogP contribution in [0.3, 0.4) is 0 Å². The number of aromatic nitrogens is 2. The molecular weight excluding hydrogens is 437 g/mol. The molecule has 0 radical (unpaired) electrons. The van der Waals surface area contributed by atoms with Gasteiger partial charge in [0.15, 0.2) is 0 Å². The van der Waals surface area contributed by atoms with E-state index in [9.17, 15) is 9.59 Å². The van der Waals surface area contributed by atoms with Crippen molar-refractivity contribution in [1.29, 1.82) is 0 Å². The lowest BCUT2D eigenvalue weighted by Gasteiger charge is -2.30. The largest absolute Gasteiger partial charge is 0.352 e. The van der Waals surface area contributed by atoms with Crippen LogP contribution < -0.4 is 10.6 Å². The molecule has 1 fully saturated rings. The first-order valence-corrected chi connectivity index (χ1v) is 11.2. The standard InChI is InChI=1S/C22H25Cl2N5O2/c1-13-11-18-26-14(2)20(22(31)25-8-4-10-28-9-3-5-19(28)30)21(29(18)27-13)15-6-7-16(23)17(24)12-15/h6-7,11-12,21,26H,3-5,8-10H2,1-2H3,(H,25,31). The molecule has 1 saturated heterocycles. The predicted octanol–water partition coefficient (Wildman–Crippen LogP) is 3.92. The van der Waals surface area contributed by atoms with Gasteiger partial charge in [-0.15, -0.1) is 0 Å². The van der Waals surface area contributed by atoms with Crippen LogP contribution in [-0.4, -0.2) is 46.1 Å². The van der Waals surface area contributed by atoms with Gasteiger partial charge in [-0.05, 0) is 44.4 Å². The van der Waals surface area contributed by atoms with Crippen molar-refractivity contribution in [3.8, 4) is 0 Å². The molecule has 2 aliphatic heterocycles. The Bertz CT molecular complexity index is 1060. The van der Waals surface area contributed by atoms with Crippen LogP contribution in [0.2, 0.25) is 10.0 Å². The van der Waals surface area contributed by atoms with E-state index in [2.05, 4.69) is 15.7 Å². The number of fused-ring (bicyclic) bond motifs is 1.